The minimum absolute atomic E-state index is 0.0129. The zero-order valence-corrected chi connectivity index (χ0v) is 11.8. The van der Waals surface area contributed by atoms with Crippen molar-refractivity contribution in [1.29, 1.82) is 0 Å². The monoisotopic (exact) mass is 280 g/mol. The molecule has 0 unspecified atom stereocenters. The molecule has 0 bridgehead atoms. The predicted octanol–water partition coefficient (Wildman–Crippen LogP) is 2.43. The lowest BCUT2D eigenvalue weighted by Gasteiger charge is -2.05. The molecule has 0 aliphatic rings. The molecule has 1 heterocycles. The number of rotatable bonds is 5. The number of hydrogen-bond acceptors (Lipinski definition) is 2. The molecular weight excluding hydrogens is 264 g/mol. The molecule has 19 heavy (non-hydrogen) atoms. The van der Waals surface area contributed by atoms with Crippen molar-refractivity contribution < 1.29 is 9.53 Å². The van der Waals surface area contributed by atoms with Crippen LogP contribution in [-0.2, 0) is 16.0 Å². The largest absolute Gasteiger partial charge is 0.383 e. The first-order valence-electron chi connectivity index (χ1n) is 6.14. The summed E-state index contributed by atoms with van der Waals surface area (Å²) in [4.78, 5) is 15.1. The summed E-state index contributed by atoms with van der Waals surface area (Å²) in [5.74, 6) is -0.0129. The molecule has 0 aliphatic carbocycles. The standard InChI is InChI=1S/C14H17ClN2O2/c1-9-11(8-14(18)16-5-6-19-2)12-7-10(15)3-4-13(12)17-9/h3-4,7,17H,5-6,8H2,1-2H3,(H,16,18). The highest BCUT2D eigenvalue weighted by Crippen LogP contribution is 2.25. The molecular formula is C14H17ClN2O2. The lowest BCUT2D eigenvalue weighted by molar-refractivity contribution is -0.120. The molecule has 1 aromatic carbocycles. The maximum Gasteiger partial charge on any atom is 0.224 e. The Morgan fingerprint density at radius 3 is 3.00 bits per heavy atom. The van der Waals surface area contributed by atoms with Gasteiger partial charge < -0.3 is 15.0 Å². The van der Waals surface area contributed by atoms with Crippen LogP contribution in [0, 0.1) is 6.92 Å². The molecule has 0 spiro atoms. The first-order chi connectivity index (χ1) is 9.11. The molecule has 1 amide bonds. The van der Waals surface area contributed by atoms with Gasteiger partial charge in [0.25, 0.3) is 0 Å². The Bertz CT molecular complexity index is 592. The molecule has 2 aromatic rings. The van der Waals surface area contributed by atoms with Crippen molar-refractivity contribution >= 4 is 28.4 Å². The van der Waals surface area contributed by atoms with E-state index in [1.54, 1.807) is 7.11 Å². The fraction of sp³-hybridized carbons (Fsp3) is 0.357. The molecule has 1 aromatic heterocycles. The van der Waals surface area contributed by atoms with E-state index in [0.717, 1.165) is 22.2 Å². The summed E-state index contributed by atoms with van der Waals surface area (Å²) < 4.78 is 4.90. The second-order valence-electron chi connectivity index (χ2n) is 4.44. The van der Waals surface area contributed by atoms with E-state index in [2.05, 4.69) is 10.3 Å². The van der Waals surface area contributed by atoms with E-state index in [1.807, 2.05) is 25.1 Å². The van der Waals surface area contributed by atoms with Crippen molar-refractivity contribution in [3.8, 4) is 0 Å². The average Bonchev–Trinajstić information content (AvgIpc) is 2.66. The summed E-state index contributed by atoms with van der Waals surface area (Å²) in [7, 11) is 1.61. The molecule has 102 valence electrons. The van der Waals surface area contributed by atoms with Gasteiger partial charge in [0.1, 0.15) is 0 Å². The van der Waals surface area contributed by atoms with E-state index in [0.29, 0.717) is 24.6 Å². The second-order valence-corrected chi connectivity index (χ2v) is 4.87. The van der Waals surface area contributed by atoms with Gasteiger partial charge in [0.05, 0.1) is 13.0 Å². The fourth-order valence-corrected chi connectivity index (χ4v) is 2.27. The van der Waals surface area contributed by atoms with E-state index in [9.17, 15) is 4.79 Å². The first-order valence-corrected chi connectivity index (χ1v) is 6.52. The van der Waals surface area contributed by atoms with Gasteiger partial charge in [-0.05, 0) is 30.7 Å². The maximum atomic E-state index is 11.9. The Hall–Kier alpha value is -1.52. The third kappa shape index (κ3) is 3.28. The minimum atomic E-state index is -0.0129. The van der Waals surface area contributed by atoms with Crippen LogP contribution < -0.4 is 5.32 Å². The third-order valence-corrected chi connectivity index (χ3v) is 3.28. The molecule has 0 fully saturated rings. The second kappa shape index (κ2) is 6.08. The molecule has 0 radical (unpaired) electrons. The van der Waals surface area contributed by atoms with E-state index in [-0.39, 0.29) is 5.91 Å². The number of H-pyrrole nitrogens is 1. The van der Waals surface area contributed by atoms with Crippen LogP contribution in [0.2, 0.25) is 5.02 Å². The lowest BCUT2D eigenvalue weighted by atomic mass is 10.1. The molecule has 4 nitrogen and oxygen atoms in total. The van der Waals surface area contributed by atoms with Gasteiger partial charge in [0.15, 0.2) is 0 Å². The van der Waals surface area contributed by atoms with Gasteiger partial charge in [-0.3, -0.25) is 4.79 Å². The van der Waals surface area contributed by atoms with Gasteiger partial charge in [0, 0.05) is 35.3 Å². The van der Waals surface area contributed by atoms with Gasteiger partial charge in [-0.1, -0.05) is 11.6 Å². The van der Waals surface area contributed by atoms with E-state index < -0.39 is 0 Å². The number of benzene rings is 1. The van der Waals surface area contributed by atoms with Crippen LogP contribution in [0.3, 0.4) is 0 Å². The van der Waals surface area contributed by atoms with Crippen LogP contribution in [0.1, 0.15) is 11.3 Å². The van der Waals surface area contributed by atoms with Crippen LogP contribution in [0.25, 0.3) is 10.9 Å². The number of amides is 1. The number of nitrogens with one attached hydrogen (secondary N) is 2. The number of aryl methyl sites for hydroxylation is 1. The Morgan fingerprint density at radius 2 is 2.26 bits per heavy atom. The lowest BCUT2D eigenvalue weighted by Crippen LogP contribution is -2.28. The molecule has 0 saturated carbocycles. The summed E-state index contributed by atoms with van der Waals surface area (Å²) >= 11 is 6.01. The number of carbonyl (C=O) groups excluding carboxylic acids is 1. The SMILES string of the molecule is COCCNC(=O)Cc1c(C)[nH]c2ccc(Cl)cc12. The van der Waals surface area contributed by atoms with E-state index in [1.165, 1.54) is 0 Å². The quantitative estimate of drug-likeness (QED) is 0.827. The third-order valence-electron chi connectivity index (χ3n) is 3.05. The number of hydrogen-bond donors (Lipinski definition) is 2. The van der Waals surface area contributed by atoms with Crippen molar-refractivity contribution in [2.45, 2.75) is 13.3 Å². The van der Waals surface area contributed by atoms with Crippen molar-refractivity contribution in [3.63, 3.8) is 0 Å². The van der Waals surface area contributed by atoms with Gasteiger partial charge in [-0.15, -0.1) is 0 Å². The number of aromatic amines is 1. The summed E-state index contributed by atoms with van der Waals surface area (Å²) in [6.45, 7) is 3.01. The van der Waals surface area contributed by atoms with Crippen molar-refractivity contribution in [3.05, 3.63) is 34.5 Å². The van der Waals surface area contributed by atoms with Crippen LogP contribution in [0.15, 0.2) is 18.2 Å². The normalized spacial score (nSPS) is 10.9. The van der Waals surface area contributed by atoms with Gasteiger partial charge >= 0.3 is 0 Å². The van der Waals surface area contributed by atoms with Crippen LogP contribution in [0.5, 0.6) is 0 Å². The molecule has 2 rings (SSSR count). The zero-order chi connectivity index (χ0) is 13.8. The van der Waals surface area contributed by atoms with Crippen LogP contribution in [0.4, 0.5) is 0 Å². The molecule has 0 saturated heterocycles. The number of halogens is 1. The molecule has 5 heteroatoms. The van der Waals surface area contributed by atoms with Crippen LogP contribution in [-0.4, -0.2) is 31.2 Å². The number of methoxy groups -OCH3 is 1. The summed E-state index contributed by atoms with van der Waals surface area (Å²) in [5, 5.41) is 4.50. The van der Waals surface area contributed by atoms with E-state index >= 15 is 0 Å². The molecule has 0 aliphatic heterocycles. The van der Waals surface area contributed by atoms with Crippen molar-refractivity contribution in [2.24, 2.45) is 0 Å². The zero-order valence-electron chi connectivity index (χ0n) is 11.0. The van der Waals surface area contributed by atoms with Crippen molar-refractivity contribution in [2.75, 3.05) is 20.3 Å². The highest BCUT2D eigenvalue weighted by Gasteiger charge is 2.12. The van der Waals surface area contributed by atoms with Crippen molar-refractivity contribution in [1.82, 2.24) is 10.3 Å². The highest BCUT2D eigenvalue weighted by molar-refractivity contribution is 6.31. The topological polar surface area (TPSA) is 54.1 Å². The fourth-order valence-electron chi connectivity index (χ4n) is 2.10. The molecule has 0 atom stereocenters. The van der Waals surface area contributed by atoms with Gasteiger partial charge in [-0.2, -0.15) is 0 Å². The highest BCUT2D eigenvalue weighted by atomic mass is 35.5. The number of fused-ring (bicyclic) bond motifs is 1. The summed E-state index contributed by atoms with van der Waals surface area (Å²) in [6, 6.07) is 5.65. The van der Waals surface area contributed by atoms with Gasteiger partial charge in [0.2, 0.25) is 5.91 Å². The first kappa shape index (κ1) is 13.9. The Morgan fingerprint density at radius 1 is 1.47 bits per heavy atom. The smallest absolute Gasteiger partial charge is 0.224 e. The maximum absolute atomic E-state index is 11.9. The number of carbonyl (C=O) groups is 1. The molecule has 2 N–H and O–H groups in total. The van der Waals surface area contributed by atoms with Crippen LogP contribution >= 0.6 is 11.6 Å². The van der Waals surface area contributed by atoms with E-state index in [4.69, 9.17) is 16.3 Å². The summed E-state index contributed by atoms with van der Waals surface area (Å²) in [6.07, 6.45) is 0.343. The summed E-state index contributed by atoms with van der Waals surface area (Å²) in [5.41, 5.74) is 2.99. The Kier molecular flexibility index (Phi) is 4.45. The Labute approximate surface area is 117 Å². The predicted molar refractivity (Wildman–Crippen MR) is 76.6 cm³/mol. The number of aromatic nitrogens is 1. The average molecular weight is 281 g/mol. The minimum Gasteiger partial charge on any atom is -0.383 e. The Balaban J connectivity index is 2.17. The number of ether oxygens (including phenoxy) is 1. The van der Waals surface area contributed by atoms with Gasteiger partial charge in [-0.25, -0.2) is 0 Å².